The molecule has 0 spiro atoms. The molecule has 0 amide bonds. The highest BCUT2D eigenvalue weighted by molar-refractivity contribution is 6.04. The second-order valence-corrected chi connectivity index (χ2v) is 8.75. The van der Waals surface area contributed by atoms with Crippen molar-refractivity contribution < 1.29 is 9.32 Å². The Morgan fingerprint density at radius 1 is 1.28 bits per heavy atom. The molecule has 0 aromatic carbocycles. The van der Waals surface area contributed by atoms with Gasteiger partial charge < -0.3 is 16.0 Å². The molecule has 1 fully saturated rings. The van der Waals surface area contributed by atoms with Gasteiger partial charge in [0.05, 0.1) is 17.6 Å². The number of ketones is 1. The first kappa shape index (κ1) is 20.4. The van der Waals surface area contributed by atoms with Crippen LogP contribution in [0.4, 0.5) is 11.5 Å². The Kier molecular flexibility index (Phi) is 4.81. The van der Waals surface area contributed by atoms with Gasteiger partial charge in [-0.25, -0.2) is 24.9 Å². The van der Waals surface area contributed by atoms with E-state index in [1.807, 2.05) is 13.0 Å². The monoisotopic (exact) mass is 432 g/mol. The second kappa shape index (κ2) is 7.56. The average Bonchev–Trinajstić information content (AvgIpc) is 3.18. The lowest BCUT2D eigenvalue weighted by atomic mass is 9.97. The predicted octanol–water partition coefficient (Wildman–Crippen LogP) is 2.40. The van der Waals surface area contributed by atoms with Crippen LogP contribution in [0.25, 0.3) is 0 Å². The van der Waals surface area contributed by atoms with Gasteiger partial charge in [0.2, 0.25) is 0 Å². The molecule has 32 heavy (non-hydrogen) atoms. The summed E-state index contributed by atoms with van der Waals surface area (Å²) < 4.78 is 5.54. The minimum atomic E-state index is -0.212. The standard InChI is InChI=1S/C22H24N8O2/c1-11(5-17(31)19-12(8-23)20(24)27-10-26-19)18-7-15(30-32-18)13-6-14-16(28-13)9-25-21(29-14)22(2)3-4-22/h7,9-11H,3-6,8,23H2,1-2H3,(H2,24,26,27)/t11-/m0/s1. The first-order valence-corrected chi connectivity index (χ1v) is 10.6. The van der Waals surface area contributed by atoms with Crippen LogP contribution < -0.4 is 11.5 Å². The van der Waals surface area contributed by atoms with E-state index in [0.29, 0.717) is 23.4 Å². The topological polar surface area (TPSA) is 159 Å². The van der Waals surface area contributed by atoms with E-state index in [0.717, 1.165) is 35.8 Å². The summed E-state index contributed by atoms with van der Waals surface area (Å²) in [4.78, 5) is 34.6. The lowest BCUT2D eigenvalue weighted by Gasteiger charge is -2.10. The summed E-state index contributed by atoms with van der Waals surface area (Å²) >= 11 is 0. The zero-order valence-electron chi connectivity index (χ0n) is 18.0. The third-order valence-corrected chi connectivity index (χ3v) is 6.22. The Morgan fingerprint density at radius 2 is 2.09 bits per heavy atom. The van der Waals surface area contributed by atoms with Crippen molar-refractivity contribution in [2.24, 2.45) is 10.7 Å². The van der Waals surface area contributed by atoms with Gasteiger partial charge in [-0.15, -0.1) is 0 Å². The smallest absolute Gasteiger partial charge is 0.182 e. The van der Waals surface area contributed by atoms with E-state index in [1.54, 1.807) is 6.20 Å². The Balaban J connectivity index is 1.30. The van der Waals surface area contributed by atoms with E-state index >= 15 is 0 Å². The van der Waals surface area contributed by atoms with Gasteiger partial charge in [-0.05, 0) is 12.8 Å². The highest BCUT2D eigenvalue weighted by Crippen LogP contribution is 2.46. The van der Waals surface area contributed by atoms with Gasteiger partial charge in [0.15, 0.2) is 5.78 Å². The molecular weight excluding hydrogens is 408 g/mol. The number of carbonyl (C=O) groups excluding carboxylic acids is 1. The molecule has 1 atom stereocenters. The van der Waals surface area contributed by atoms with Crippen LogP contribution in [0.2, 0.25) is 0 Å². The minimum Gasteiger partial charge on any atom is -0.383 e. The SMILES string of the molecule is C[C@@H](CC(=O)c1ncnc(N)c1CN)c1cc(C2=Nc3cnc(C4(C)CC4)nc3C2)no1. The molecule has 10 heteroatoms. The summed E-state index contributed by atoms with van der Waals surface area (Å²) in [6, 6.07) is 1.83. The van der Waals surface area contributed by atoms with Gasteiger partial charge in [-0.2, -0.15) is 0 Å². The molecule has 4 heterocycles. The normalized spacial score (nSPS) is 17.0. The van der Waals surface area contributed by atoms with E-state index in [9.17, 15) is 4.79 Å². The van der Waals surface area contributed by atoms with Crippen LogP contribution in [0.3, 0.4) is 0 Å². The van der Waals surface area contributed by atoms with Crippen LogP contribution in [0.1, 0.15) is 78.1 Å². The van der Waals surface area contributed by atoms with E-state index in [4.69, 9.17) is 21.0 Å². The zero-order chi connectivity index (χ0) is 22.5. The number of hydrogen-bond acceptors (Lipinski definition) is 10. The third-order valence-electron chi connectivity index (χ3n) is 6.22. The zero-order valence-corrected chi connectivity index (χ0v) is 18.0. The van der Waals surface area contributed by atoms with Gasteiger partial charge in [0.25, 0.3) is 0 Å². The molecule has 0 bridgehead atoms. The highest BCUT2D eigenvalue weighted by Gasteiger charge is 2.42. The Bertz CT molecular complexity index is 1240. The highest BCUT2D eigenvalue weighted by atomic mass is 16.5. The molecule has 0 radical (unpaired) electrons. The van der Waals surface area contributed by atoms with Gasteiger partial charge in [-0.3, -0.25) is 4.79 Å². The summed E-state index contributed by atoms with van der Waals surface area (Å²) in [7, 11) is 0. The first-order valence-electron chi connectivity index (χ1n) is 10.6. The molecule has 1 aliphatic heterocycles. The third kappa shape index (κ3) is 3.56. The molecule has 4 N–H and O–H groups in total. The number of nitrogens with two attached hydrogens (primary N) is 2. The molecule has 5 rings (SSSR count). The van der Waals surface area contributed by atoms with Crippen LogP contribution in [-0.2, 0) is 18.4 Å². The van der Waals surface area contributed by atoms with Gasteiger partial charge in [0.1, 0.15) is 40.8 Å². The van der Waals surface area contributed by atoms with Crippen LogP contribution in [0.5, 0.6) is 0 Å². The second-order valence-electron chi connectivity index (χ2n) is 8.75. The van der Waals surface area contributed by atoms with Crippen molar-refractivity contribution in [2.75, 3.05) is 5.73 Å². The molecule has 1 saturated carbocycles. The van der Waals surface area contributed by atoms with Gasteiger partial charge >= 0.3 is 0 Å². The van der Waals surface area contributed by atoms with Crippen molar-refractivity contribution in [3.8, 4) is 0 Å². The number of aliphatic imine (C=N–C) groups is 1. The molecule has 0 saturated heterocycles. The van der Waals surface area contributed by atoms with Crippen molar-refractivity contribution in [2.45, 2.75) is 57.4 Å². The largest absolute Gasteiger partial charge is 0.383 e. The van der Waals surface area contributed by atoms with E-state index in [-0.39, 0.29) is 41.6 Å². The van der Waals surface area contributed by atoms with Gasteiger partial charge in [0, 0.05) is 42.3 Å². The molecule has 3 aromatic rings. The lowest BCUT2D eigenvalue weighted by molar-refractivity contribution is 0.0965. The minimum absolute atomic E-state index is 0.0960. The van der Waals surface area contributed by atoms with Crippen LogP contribution >= 0.6 is 0 Å². The maximum atomic E-state index is 12.8. The molecule has 164 valence electrons. The molecule has 3 aromatic heterocycles. The van der Waals surface area contributed by atoms with E-state index in [2.05, 4.69) is 32.0 Å². The molecule has 2 aliphatic rings. The lowest BCUT2D eigenvalue weighted by Crippen LogP contribution is -2.15. The van der Waals surface area contributed by atoms with Crippen LogP contribution in [0, 0.1) is 0 Å². The Morgan fingerprint density at radius 3 is 2.84 bits per heavy atom. The van der Waals surface area contributed by atoms with Crippen molar-refractivity contribution >= 4 is 23.0 Å². The Labute approximate surface area is 184 Å². The maximum Gasteiger partial charge on any atom is 0.182 e. The number of anilines is 1. The number of carbonyl (C=O) groups is 1. The van der Waals surface area contributed by atoms with Crippen molar-refractivity contribution in [1.82, 2.24) is 25.1 Å². The average molecular weight is 432 g/mol. The molecule has 1 aliphatic carbocycles. The number of hydrogen-bond donors (Lipinski definition) is 2. The van der Waals surface area contributed by atoms with Crippen LogP contribution in [0.15, 0.2) is 28.1 Å². The summed E-state index contributed by atoms with van der Waals surface area (Å²) in [6.45, 7) is 4.18. The number of Topliss-reactive ketones (excluding diaryl/α,β-unsaturated/α-hetero) is 1. The van der Waals surface area contributed by atoms with E-state index in [1.165, 1.54) is 6.33 Å². The molecule has 10 nitrogen and oxygen atoms in total. The fourth-order valence-corrected chi connectivity index (χ4v) is 3.83. The number of rotatable bonds is 7. The Hall–Kier alpha value is -3.53. The fourth-order valence-electron chi connectivity index (χ4n) is 3.83. The predicted molar refractivity (Wildman–Crippen MR) is 117 cm³/mol. The van der Waals surface area contributed by atoms with Gasteiger partial charge in [-0.1, -0.05) is 19.0 Å². The maximum absolute atomic E-state index is 12.8. The summed E-state index contributed by atoms with van der Waals surface area (Å²) in [6.07, 6.45) is 6.07. The van der Waals surface area contributed by atoms with Crippen molar-refractivity contribution in [1.29, 1.82) is 0 Å². The molecule has 0 unspecified atom stereocenters. The summed E-state index contributed by atoms with van der Waals surface area (Å²) in [5, 5.41) is 4.18. The number of aromatic nitrogens is 5. The van der Waals surface area contributed by atoms with E-state index < -0.39 is 0 Å². The van der Waals surface area contributed by atoms with Crippen LogP contribution in [-0.4, -0.2) is 36.6 Å². The number of nitrogens with zero attached hydrogens (tertiary/aromatic N) is 6. The fraction of sp³-hybridized carbons (Fsp3) is 0.409. The number of nitrogen functional groups attached to an aromatic ring is 1. The quantitative estimate of drug-likeness (QED) is 0.534. The first-order chi connectivity index (χ1) is 15.4. The summed E-state index contributed by atoms with van der Waals surface area (Å²) in [5.74, 6) is 1.33. The summed E-state index contributed by atoms with van der Waals surface area (Å²) in [5.41, 5.74) is 15.5. The van der Waals surface area contributed by atoms with Crippen molar-refractivity contribution in [3.63, 3.8) is 0 Å². The molecular formula is C22H24N8O2. The van der Waals surface area contributed by atoms with Crippen molar-refractivity contribution in [3.05, 3.63) is 52.8 Å². The number of fused-ring (bicyclic) bond motifs is 1.